The lowest BCUT2D eigenvalue weighted by atomic mass is 10.0. The molecule has 0 aliphatic heterocycles. The molecular weight excluding hydrogens is 466 g/mol. The summed E-state index contributed by atoms with van der Waals surface area (Å²) >= 11 is 0. The van der Waals surface area contributed by atoms with Gasteiger partial charge in [0.25, 0.3) is 0 Å². The Hall–Kier alpha value is -3.84. The van der Waals surface area contributed by atoms with Gasteiger partial charge in [-0.25, -0.2) is 4.98 Å². The molecule has 194 valence electrons. The summed E-state index contributed by atoms with van der Waals surface area (Å²) in [5.74, 6) is 2.12. The maximum atomic E-state index is 14.1. The molecule has 4 rings (SSSR count). The van der Waals surface area contributed by atoms with Crippen LogP contribution in [0.15, 0.2) is 66.7 Å². The highest BCUT2D eigenvalue weighted by atomic mass is 16.5. The van der Waals surface area contributed by atoms with Crippen molar-refractivity contribution in [3.05, 3.63) is 83.7 Å². The molecular formula is C30H35N3O4. The van der Waals surface area contributed by atoms with E-state index in [1.54, 1.807) is 14.2 Å². The molecule has 0 aliphatic carbocycles. The molecule has 7 heteroatoms. The summed E-state index contributed by atoms with van der Waals surface area (Å²) in [6, 6.07) is 21.3. The first-order valence-corrected chi connectivity index (χ1v) is 12.6. The number of ether oxygens (including phenoxy) is 3. The van der Waals surface area contributed by atoms with Crippen molar-refractivity contribution in [2.45, 2.75) is 46.4 Å². The number of amides is 1. The van der Waals surface area contributed by atoms with Crippen LogP contribution in [0.4, 0.5) is 5.69 Å². The molecule has 0 spiro atoms. The molecule has 37 heavy (non-hydrogen) atoms. The molecule has 1 amide bonds. The molecule has 0 aliphatic rings. The number of fused-ring (bicyclic) bond motifs is 1. The third-order valence-electron chi connectivity index (χ3n) is 6.51. The van der Waals surface area contributed by atoms with Crippen LogP contribution in [-0.4, -0.2) is 42.3 Å². The zero-order valence-corrected chi connectivity index (χ0v) is 22.2. The van der Waals surface area contributed by atoms with Crippen molar-refractivity contribution in [2.75, 3.05) is 25.7 Å². The van der Waals surface area contributed by atoms with Crippen molar-refractivity contribution < 1.29 is 19.0 Å². The van der Waals surface area contributed by atoms with E-state index in [1.165, 1.54) is 0 Å². The van der Waals surface area contributed by atoms with Crippen molar-refractivity contribution in [3.8, 4) is 11.5 Å². The minimum atomic E-state index is -0.141. The smallest absolute Gasteiger partial charge is 0.247 e. The zero-order chi connectivity index (χ0) is 26.4. The first-order valence-electron chi connectivity index (χ1n) is 12.6. The van der Waals surface area contributed by atoms with Crippen molar-refractivity contribution in [3.63, 3.8) is 0 Å². The molecule has 0 saturated heterocycles. The summed E-state index contributed by atoms with van der Waals surface area (Å²) in [7, 11) is 3.29. The van der Waals surface area contributed by atoms with Crippen LogP contribution < -0.4 is 14.4 Å². The fourth-order valence-corrected chi connectivity index (χ4v) is 4.70. The predicted octanol–water partition coefficient (Wildman–Crippen LogP) is 5.56. The highest BCUT2D eigenvalue weighted by molar-refractivity contribution is 5.96. The van der Waals surface area contributed by atoms with Crippen LogP contribution in [0.1, 0.15) is 30.8 Å². The number of carbonyl (C=O) groups is 1. The number of aryl methyl sites for hydroxylation is 2. The van der Waals surface area contributed by atoms with Crippen LogP contribution in [0.5, 0.6) is 11.5 Å². The first kappa shape index (κ1) is 26.2. The minimum absolute atomic E-state index is 0.0256. The van der Waals surface area contributed by atoms with Gasteiger partial charge in [0.05, 0.1) is 36.5 Å². The Balaban J connectivity index is 1.68. The minimum Gasteiger partial charge on any atom is -0.497 e. The standard InChI is InChI=1S/C30H35N3O4/c1-6-23-11-9-10-21(2)30(23)33(22(3)19-35-4)29(34)18-32-27-13-8-7-12-26(27)31-28(32)20-37-25-16-14-24(36-5)15-17-25/h7-17,22H,6,18-20H2,1-5H3/t22-/m0/s1. The van der Waals surface area contributed by atoms with E-state index >= 15 is 0 Å². The van der Waals surface area contributed by atoms with Gasteiger partial charge in [-0.3, -0.25) is 4.79 Å². The number of methoxy groups -OCH3 is 2. The van der Waals surface area contributed by atoms with Gasteiger partial charge in [0.15, 0.2) is 0 Å². The van der Waals surface area contributed by atoms with Gasteiger partial charge in [0.2, 0.25) is 5.91 Å². The highest BCUT2D eigenvalue weighted by Crippen LogP contribution is 2.29. The van der Waals surface area contributed by atoms with E-state index in [1.807, 2.05) is 71.0 Å². The average molecular weight is 502 g/mol. The lowest BCUT2D eigenvalue weighted by molar-refractivity contribution is -0.119. The number of hydrogen-bond acceptors (Lipinski definition) is 5. The molecule has 0 N–H and O–H groups in total. The van der Waals surface area contributed by atoms with E-state index in [2.05, 4.69) is 26.0 Å². The van der Waals surface area contributed by atoms with Crippen LogP contribution >= 0.6 is 0 Å². The number of para-hydroxylation sites is 3. The van der Waals surface area contributed by atoms with Gasteiger partial charge in [0.1, 0.15) is 30.5 Å². The van der Waals surface area contributed by atoms with Crippen molar-refractivity contribution in [1.29, 1.82) is 0 Å². The highest BCUT2D eigenvalue weighted by Gasteiger charge is 2.27. The number of imidazole rings is 1. The normalized spacial score (nSPS) is 11.9. The molecule has 4 aromatic rings. The Bertz CT molecular complexity index is 1350. The Kier molecular flexibility index (Phi) is 8.46. The Labute approximate surface area is 218 Å². The molecule has 0 fully saturated rings. The monoisotopic (exact) mass is 501 g/mol. The van der Waals surface area contributed by atoms with Gasteiger partial charge in [-0.05, 0) is 67.8 Å². The number of rotatable bonds is 11. The number of nitrogens with zero attached hydrogens (tertiary/aromatic N) is 3. The Morgan fingerprint density at radius 3 is 2.43 bits per heavy atom. The van der Waals surface area contributed by atoms with E-state index in [0.717, 1.165) is 40.0 Å². The average Bonchev–Trinajstić information content (AvgIpc) is 3.26. The largest absolute Gasteiger partial charge is 0.497 e. The van der Waals surface area contributed by atoms with E-state index in [0.29, 0.717) is 18.2 Å². The zero-order valence-electron chi connectivity index (χ0n) is 22.2. The summed E-state index contributed by atoms with van der Waals surface area (Å²) in [6.45, 7) is 6.98. The third-order valence-corrected chi connectivity index (χ3v) is 6.51. The Morgan fingerprint density at radius 2 is 1.73 bits per heavy atom. The second-order valence-electron chi connectivity index (χ2n) is 9.07. The predicted molar refractivity (Wildman–Crippen MR) is 146 cm³/mol. The van der Waals surface area contributed by atoms with Crippen LogP contribution in [0.25, 0.3) is 11.0 Å². The molecule has 1 atom stereocenters. The molecule has 7 nitrogen and oxygen atoms in total. The number of benzene rings is 3. The molecule has 1 heterocycles. The number of hydrogen-bond donors (Lipinski definition) is 0. The first-order chi connectivity index (χ1) is 18.0. The summed E-state index contributed by atoms with van der Waals surface area (Å²) < 4.78 is 18.7. The Morgan fingerprint density at radius 1 is 1.00 bits per heavy atom. The maximum absolute atomic E-state index is 14.1. The molecule has 1 aromatic heterocycles. The summed E-state index contributed by atoms with van der Waals surface area (Å²) in [4.78, 5) is 20.7. The van der Waals surface area contributed by atoms with E-state index < -0.39 is 0 Å². The van der Waals surface area contributed by atoms with Crippen molar-refractivity contribution >= 4 is 22.6 Å². The number of carbonyl (C=O) groups excluding carboxylic acids is 1. The van der Waals surface area contributed by atoms with Crippen LogP contribution in [0, 0.1) is 6.92 Å². The lowest BCUT2D eigenvalue weighted by Crippen LogP contribution is -2.44. The number of anilines is 1. The molecule has 0 radical (unpaired) electrons. The van der Waals surface area contributed by atoms with Gasteiger partial charge >= 0.3 is 0 Å². The number of aromatic nitrogens is 2. The van der Waals surface area contributed by atoms with Gasteiger partial charge in [0, 0.05) is 7.11 Å². The van der Waals surface area contributed by atoms with E-state index in [-0.39, 0.29) is 25.1 Å². The summed E-state index contributed by atoms with van der Waals surface area (Å²) in [5.41, 5.74) is 4.87. The fraction of sp³-hybridized carbons (Fsp3) is 0.333. The quantitative estimate of drug-likeness (QED) is 0.269. The van der Waals surface area contributed by atoms with Crippen molar-refractivity contribution in [2.24, 2.45) is 0 Å². The summed E-state index contributed by atoms with van der Waals surface area (Å²) in [6.07, 6.45) is 0.829. The second-order valence-corrected chi connectivity index (χ2v) is 9.07. The maximum Gasteiger partial charge on any atom is 0.247 e. The van der Waals surface area contributed by atoms with Gasteiger partial charge in [-0.2, -0.15) is 0 Å². The van der Waals surface area contributed by atoms with Crippen LogP contribution in [0.2, 0.25) is 0 Å². The summed E-state index contributed by atoms with van der Waals surface area (Å²) in [5, 5.41) is 0. The molecule has 3 aromatic carbocycles. The van der Waals surface area contributed by atoms with Crippen LogP contribution in [0.3, 0.4) is 0 Å². The molecule has 0 bridgehead atoms. The van der Waals surface area contributed by atoms with Crippen LogP contribution in [-0.2, 0) is 29.1 Å². The van der Waals surface area contributed by atoms with Gasteiger partial charge < -0.3 is 23.7 Å². The fourth-order valence-electron chi connectivity index (χ4n) is 4.70. The topological polar surface area (TPSA) is 65.8 Å². The third kappa shape index (κ3) is 5.78. The van der Waals surface area contributed by atoms with Crippen molar-refractivity contribution in [1.82, 2.24) is 9.55 Å². The van der Waals surface area contributed by atoms with Gasteiger partial charge in [-0.1, -0.05) is 37.3 Å². The molecule has 0 unspecified atom stereocenters. The lowest BCUT2D eigenvalue weighted by Gasteiger charge is -2.32. The SMILES string of the molecule is CCc1cccc(C)c1N(C(=O)Cn1c(COc2ccc(OC)cc2)nc2ccccc21)[C@@H](C)COC. The van der Waals surface area contributed by atoms with E-state index in [4.69, 9.17) is 19.2 Å². The van der Waals surface area contributed by atoms with E-state index in [9.17, 15) is 4.79 Å². The van der Waals surface area contributed by atoms with Gasteiger partial charge in [-0.15, -0.1) is 0 Å². The molecule has 0 saturated carbocycles. The second kappa shape index (κ2) is 11.9.